The minimum Gasteiger partial charge on any atom is -0.382 e. The minimum absolute atomic E-state index is 0.361. The Morgan fingerprint density at radius 2 is 2.18 bits per heavy atom. The van der Waals surface area contributed by atoms with E-state index in [1.807, 2.05) is 17.8 Å². The average molecular weight is 299 g/mol. The van der Waals surface area contributed by atoms with Crippen LogP contribution in [-0.2, 0) is 6.54 Å². The number of rotatable bonds is 6. The summed E-state index contributed by atoms with van der Waals surface area (Å²) in [5.41, 5.74) is 3.96. The molecule has 0 spiro atoms. The van der Waals surface area contributed by atoms with E-state index in [2.05, 4.69) is 51.8 Å². The quantitative estimate of drug-likeness (QED) is 0.707. The maximum absolute atomic E-state index is 4.51. The van der Waals surface area contributed by atoms with Crippen molar-refractivity contribution in [2.75, 3.05) is 11.9 Å². The zero-order valence-corrected chi connectivity index (χ0v) is 13.2. The van der Waals surface area contributed by atoms with Crippen LogP contribution >= 0.6 is 0 Å². The summed E-state index contributed by atoms with van der Waals surface area (Å²) in [6.45, 7) is 8.05. The lowest BCUT2D eigenvalue weighted by atomic mass is 10.1. The molecule has 7 nitrogen and oxygen atoms in total. The van der Waals surface area contributed by atoms with Crippen molar-refractivity contribution in [2.45, 2.75) is 39.7 Å². The van der Waals surface area contributed by atoms with Crippen LogP contribution in [0.15, 0.2) is 24.8 Å². The first-order valence-electron chi connectivity index (χ1n) is 7.57. The third kappa shape index (κ3) is 3.08. The van der Waals surface area contributed by atoms with Gasteiger partial charge >= 0.3 is 0 Å². The van der Waals surface area contributed by atoms with Gasteiger partial charge in [0.25, 0.3) is 0 Å². The molecule has 0 aliphatic rings. The van der Waals surface area contributed by atoms with Gasteiger partial charge in [-0.3, -0.25) is 4.68 Å². The molecule has 0 atom stereocenters. The van der Waals surface area contributed by atoms with Crippen LogP contribution < -0.4 is 5.32 Å². The summed E-state index contributed by atoms with van der Waals surface area (Å²) in [5.74, 6) is 0.361. The fraction of sp³-hybridized carbons (Fsp3) is 0.467. The van der Waals surface area contributed by atoms with Gasteiger partial charge in [-0.05, 0) is 30.9 Å². The molecular formula is C15H21N7. The molecule has 0 saturated heterocycles. The number of nitrogens with one attached hydrogen (secondary N) is 1. The van der Waals surface area contributed by atoms with Crippen LogP contribution in [0.25, 0.3) is 5.65 Å². The highest BCUT2D eigenvalue weighted by molar-refractivity contribution is 5.66. The lowest BCUT2D eigenvalue weighted by Gasteiger charge is -2.11. The zero-order valence-electron chi connectivity index (χ0n) is 13.2. The second kappa shape index (κ2) is 6.13. The fourth-order valence-corrected chi connectivity index (χ4v) is 2.31. The molecule has 0 aliphatic carbocycles. The number of aryl methyl sites for hydroxylation is 2. The van der Waals surface area contributed by atoms with E-state index in [0.717, 1.165) is 36.5 Å². The topological polar surface area (TPSA) is 72.9 Å². The predicted octanol–water partition coefficient (Wildman–Crippen LogP) is 2.25. The maximum atomic E-state index is 4.51. The van der Waals surface area contributed by atoms with Gasteiger partial charge in [0.15, 0.2) is 0 Å². The Bertz CT molecular complexity index is 756. The SMILES string of the molecule is Cc1cnn(CCCNc2cc(C(C)C)nn3cnnc23)c1. The molecule has 0 aliphatic heterocycles. The molecule has 0 amide bonds. The number of hydrogen-bond donors (Lipinski definition) is 1. The fourth-order valence-electron chi connectivity index (χ4n) is 2.31. The van der Waals surface area contributed by atoms with Crippen molar-refractivity contribution in [2.24, 2.45) is 0 Å². The molecule has 116 valence electrons. The normalized spacial score (nSPS) is 11.5. The first-order valence-corrected chi connectivity index (χ1v) is 7.57. The van der Waals surface area contributed by atoms with Crippen molar-refractivity contribution < 1.29 is 0 Å². The highest BCUT2D eigenvalue weighted by atomic mass is 15.3. The molecule has 0 saturated carbocycles. The molecule has 0 fully saturated rings. The highest BCUT2D eigenvalue weighted by Crippen LogP contribution is 2.19. The Morgan fingerprint density at radius 3 is 2.91 bits per heavy atom. The van der Waals surface area contributed by atoms with E-state index in [1.165, 1.54) is 5.56 Å². The molecule has 1 N–H and O–H groups in total. The predicted molar refractivity (Wildman–Crippen MR) is 84.9 cm³/mol. The van der Waals surface area contributed by atoms with Gasteiger partial charge in [-0.1, -0.05) is 13.8 Å². The van der Waals surface area contributed by atoms with Crippen LogP contribution in [0.2, 0.25) is 0 Å². The van der Waals surface area contributed by atoms with Crippen LogP contribution in [0.5, 0.6) is 0 Å². The molecule has 0 unspecified atom stereocenters. The third-order valence-electron chi connectivity index (χ3n) is 3.52. The van der Waals surface area contributed by atoms with Gasteiger partial charge in [-0.25, -0.2) is 0 Å². The lowest BCUT2D eigenvalue weighted by molar-refractivity contribution is 0.591. The van der Waals surface area contributed by atoms with Crippen LogP contribution in [-0.4, -0.2) is 36.1 Å². The van der Waals surface area contributed by atoms with Crippen molar-refractivity contribution >= 4 is 11.3 Å². The molecule has 0 aromatic carbocycles. The first-order chi connectivity index (χ1) is 10.6. The van der Waals surface area contributed by atoms with E-state index in [0.29, 0.717) is 5.92 Å². The smallest absolute Gasteiger partial charge is 0.200 e. The number of hydrogen-bond acceptors (Lipinski definition) is 5. The Kier molecular flexibility index (Phi) is 4.04. The molecule has 3 aromatic rings. The summed E-state index contributed by atoms with van der Waals surface area (Å²) < 4.78 is 3.70. The van der Waals surface area contributed by atoms with Gasteiger partial charge in [-0.2, -0.15) is 14.7 Å². The van der Waals surface area contributed by atoms with Crippen molar-refractivity contribution in [1.82, 2.24) is 29.6 Å². The van der Waals surface area contributed by atoms with Gasteiger partial charge in [0.05, 0.1) is 17.6 Å². The highest BCUT2D eigenvalue weighted by Gasteiger charge is 2.10. The molecule has 0 bridgehead atoms. The van der Waals surface area contributed by atoms with Gasteiger partial charge in [0.1, 0.15) is 6.33 Å². The second-order valence-electron chi connectivity index (χ2n) is 5.80. The average Bonchev–Trinajstić information content (AvgIpc) is 3.11. The summed E-state index contributed by atoms with van der Waals surface area (Å²) in [6, 6.07) is 2.06. The van der Waals surface area contributed by atoms with Crippen molar-refractivity contribution in [3.8, 4) is 0 Å². The van der Waals surface area contributed by atoms with Crippen molar-refractivity contribution in [3.63, 3.8) is 0 Å². The Labute approximate surface area is 129 Å². The molecule has 3 heterocycles. The molecule has 7 heteroatoms. The zero-order chi connectivity index (χ0) is 15.5. The van der Waals surface area contributed by atoms with Crippen LogP contribution in [0.4, 0.5) is 5.69 Å². The first kappa shape index (κ1) is 14.5. The molecule has 22 heavy (non-hydrogen) atoms. The van der Waals surface area contributed by atoms with Crippen molar-refractivity contribution in [1.29, 1.82) is 0 Å². The van der Waals surface area contributed by atoms with Crippen molar-refractivity contribution in [3.05, 3.63) is 36.0 Å². The van der Waals surface area contributed by atoms with Crippen LogP contribution in [0, 0.1) is 6.92 Å². The lowest BCUT2D eigenvalue weighted by Crippen LogP contribution is -2.10. The summed E-state index contributed by atoms with van der Waals surface area (Å²) in [7, 11) is 0. The summed E-state index contributed by atoms with van der Waals surface area (Å²) in [4.78, 5) is 0. The van der Waals surface area contributed by atoms with E-state index in [-0.39, 0.29) is 0 Å². The Balaban J connectivity index is 1.66. The number of anilines is 1. The second-order valence-corrected chi connectivity index (χ2v) is 5.80. The molecule has 3 rings (SSSR count). The molecule has 0 radical (unpaired) electrons. The van der Waals surface area contributed by atoms with Gasteiger partial charge < -0.3 is 5.32 Å². The molecular weight excluding hydrogens is 278 g/mol. The van der Waals surface area contributed by atoms with E-state index >= 15 is 0 Å². The molecule has 3 aromatic heterocycles. The summed E-state index contributed by atoms with van der Waals surface area (Å²) in [5, 5.41) is 20.3. The number of fused-ring (bicyclic) bond motifs is 1. The summed E-state index contributed by atoms with van der Waals surface area (Å²) >= 11 is 0. The number of aromatic nitrogens is 6. The van der Waals surface area contributed by atoms with Gasteiger partial charge in [-0.15, -0.1) is 10.2 Å². The third-order valence-corrected chi connectivity index (χ3v) is 3.52. The van der Waals surface area contributed by atoms with Gasteiger partial charge in [0.2, 0.25) is 5.65 Å². The van der Waals surface area contributed by atoms with E-state index in [9.17, 15) is 0 Å². The van der Waals surface area contributed by atoms with Crippen LogP contribution in [0.3, 0.4) is 0 Å². The van der Waals surface area contributed by atoms with Crippen LogP contribution in [0.1, 0.15) is 37.4 Å². The largest absolute Gasteiger partial charge is 0.382 e. The monoisotopic (exact) mass is 299 g/mol. The van der Waals surface area contributed by atoms with E-state index in [4.69, 9.17) is 0 Å². The van der Waals surface area contributed by atoms with E-state index < -0.39 is 0 Å². The number of nitrogens with zero attached hydrogens (tertiary/aromatic N) is 6. The summed E-state index contributed by atoms with van der Waals surface area (Å²) in [6.07, 6.45) is 6.56. The minimum atomic E-state index is 0.361. The Morgan fingerprint density at radius 1 is 1.32 bits per heavy atom. The van der Waals surface area contributed by atoms with Gasteiger partial charge in [0, 0.05) is 19.3 Å². The van der Waals surface area contributed by atoms with E-state index in [1.54, 1.807) is 10.8 Å². The Hall–Kier alpha value is -2.44. The maximum Gasteiger partial charge on any atom is 0.200 e. The standard InChI is InChI=1S/C15H21N7/c1-11(2)13-7-14(15-19-17-10-22(15)20-13)16-5-4-6-21-9-12(3)8-18-21/h7-11,16H,4-6H2,1-3H3.